The molecule has 7 heteroatoms. The third-order valence-electron chi connectivity index (χ3n) is 3.66. The fourth-order valence-corrected chi connectivity index (χ4v) is 3.01. The number of benzene rings is 1. The van der Waals surface area contributed by atoms with Crippen molar-refractivity contribution in [3.05, 3.63) is 64.9 Å². The molecule has 4 rings (SSSR count). The lowest BCUT2D eigenvalue weighted by Crippen LogP contribution is -2.50. The van der Waals surface area contributed by atoms with E-state index in [-0.39, 0.29) is 5.91 Å². The van der Waals surface area contributed by atoms with Crippen LogP contribution in [0.25, 0.3) is 5.70 Å². The molecule has 0 aliphatic carbocycles. The number of hydrogen-bond donors (Lipinski definition) is 1. The number of carbonyl (C=O) groups excluding carboxylic acids is 1. The number of rotatable bonds is 1. The van der Waals surface area contributed by atoms with Crippen molar-refractivity contribution in [1.82, 2.24) is 15.3 Å². The van der Waals surface area contributed by atoms with Gasteiger partial charge in [0.25, 0.3) is 5.91 Å². The molecule has 0 radical (unpaired) electrons. The van der Waals surface area contributed by atoms with Crippen LogP contribution in [0.1, 0.15) is 11.9 Å². The number of nitrogens with one attached hydrogen (secondary N) is 1. The molecule has 3 heterocycles. The number of amidine groups is 1. The highest BCUT2D eigenvalue weighted by Gasteiger charge is 2.34. The molecule has 0 fully saturated rings. The van der Waals surface area contributed by atoms with Crippen molar-refractivity contribution in [2.75, 3.05) is 6.26 Å². The zero-order valence-electron chi connectivity index (χ0n) is 12.3. The predicted octanol–water partition coefficient (Wildman–Crippen LogP) is 0.588. The largest absolute Gasteiger partial charge is 0.298 e. The lowest BCUT2D eigenvalue weighted by Gasteiger charge is -2.33. The summed E-state index contributed by atoms with van der Waals surface area (Å²) in [6.45, 7) is 0. The minimum atomic E-state index is -0.450. The standard InChI is InChI=1S/C16H13N5OS/c1-23-16-19-15(22)13-10-6-2-3-7-11(10)18-14(21(13)20-16)12-8-4-5-9-17-12/h2-9,14H,1H3,(H,19,20,22)/t14-/m0/s1. The van der Waals surface area contributed by atoms with E-state index in [4.69, 9.17) is 4.99 Å². The van der Waals surface area contributed by atoms with E-state index < -0.39 is 6.17 Å². The Morgan fingerprint density at radius 2 is 2.00 bits per heavy atom. The Morgan fingerprint density at radius 1 is 1.17 bits per heavy atom. The van der Waals surface area contributed by atoms with E-state index in [1.54, 1.807) is 11.2 Å². The molecule has 114 valence electrons. The minimum absolute atomic E-state index is 0.173. The molecular formula is C16H13N5OS. The van der Waals surface area contributed by atoms with Gasteiger partial charge in [-0.15, -0.1) is 5.10 Å². The van der Waals surface area contributed by atoms with Crippen LogP contribution < -0.4 is 15.9 Å². The van der Waals surface area contributed by atoms with Crippen molar-refractivity contribution >= 4 is 28.5 Å². The van der Waals surface area contributed by atoms with Gasteiger partial charge in [-0.1, -0.05) is 36.0 Å². The van der Waals surface area contributed by atoms with Gasteiger partial charge in [0.05, 0.1) is 11.1 Å². The summed E-state index contributed by atoms with van der Waals surface area (Å²) in [5, 5.41) is 11.1. The third kappa shape index (κ3) is 2.29. The second kappa shape index (κ2) is 5.51. The van der Waals surface area contributed by atoms with Crippen molar-refractivity contribution in [2.24, 2.45) is 10.1 Å². The number of thioether (sulfide) groups is 1. The maximum Gasteiger partial charge on any atom is 0.276 e. The van der Waals surface area contributed by atoms with Crippen LogP contribution in [0.2, 0.25) is 0 Å². The topological polar surface area (TPSA) is 70.0 Å². The second-order valence-corrected chi connectivity index (χ2v) is 5.83. The maximum absolute atomic E-state index is 12.6. The summed E-state index contributed by atoms with van der Waals surface area (Å²) in [6, 6.07) is 13.2. The highest BCUT2D eigenvalue weighted by atomic mass is 32.2. The summed E-state index contributed by atoms with van der Waals surface area (Å²) in [5.41, 5.74) is 1.25. The Balaban J connectivity index is 2.00. The summed E-state index contributed by atoms with van der Waals surface area (Å²) in [4.78, 5) is 21.7. The van der Waals surface area contributed by atoms with Crippen molar-refractivity contribution in [1.29, 1.82) is 0 Å². The summed E-state index contributed by atoms with van der Waals surface area (Å²) >= 11 is 1.38. The van der Waals surface area contributed by atoms with Gasteiger partial charge in [-0.3, -0.25) is 20.1 Å². The van der Waals surface area contributed by atoms with E-state index in [2.05, 4.69) is 15.4 Å². The summed E-state index contributed by atoms with van der Waals surface area (Å²) < 4.78 is 0. The third-order valence-corrected chi connectivity index (χ3v) is 4.23. The Kier molecular flexibility index (Phi) is 3.34. The van der Waals surface area contributed by atoms with Crippen LogP contribution in [-0.4, -0.2) is 27.3 Å². The second-order valence-electron chi connectivity index (χ2n) is 5.03. The highest BCUT2D eigenvalue weighted by Crippen LogP contribution is 2.28. The molecule has 1 aromatic carbocycles. The molecule has 0 bridgehead atoms. The maximum atomic E-state index is 12.6. The number of fused-ring (bicyclic) bond motifs is 2. The number of carbonyl (C=O) groups is 1. The van der Waals surface area contributed by atoms with E-state index in [1.807, 2.05) is 48.7 Å². The fourth-order valence-electron chi connectivity index (χ4n) is 2.64. The number of aromatic nitrogens is 1. The first kappa shape index (κ1) is 14.0. The Morgan fingerprint density at radius 3 is 2.78 bits per heavy atom. The van der Waals surface area contributed by atoms with Gasteiger partial charge in [-0.25, -0.2) is 5.01 Å². The van der Waals surface area contributed by atoms with Crippen LogP contribution in [-0.2, 0) is 4.79 Å². The molecule has 1 N–H and O–H groups in total. The SMILES string of the molecule is CSC1=NN2C(=c3ccccc3=N[C@@H]2c2ccccn2)C(=O)N1. The first-order chi connectivity index (χ1) is 11.3. The van der Waals surface area contributed by atoms with Crippen LogP contribution in [0.5, 0.6) is 0 Å². The van der Waals surface area contributed by atoms with Crippen LogP contribution in [0.15, 0.2) is 58.8 Å². The van der Waals surface area contributed by atoms with E-state index in [0.717, 1.165) is 16.3 Å². The highest BCUT2D eigenvalue weighted by molar-refractivity contribution is 8.13. The lowest BCUT2D eigenvalue weighted by atomic mass is 10.1. The van der Waals surface area contributed by atoms with Gasteiger partial charge >= 0.3 is 0 Å². The minimum Gasteiger partial charge on any atom is -0.298 e. The van der Waals surface area contributed by atoms with Crippen LogP contribution in [0.4, 0.5) is 0 Å². The molecule has 23 heavy (non-hydrogen) atoms. The van der Waals surface area contributed by atoms with E-state index in [1.165, 1.54) is 11.8 Å². The summed E-state index contributed by atoms with van der Waals surface area (Å²) in [6.07, 6.45) is 3.14. The van der Waals surface area contributed by atoms with E-state index in [9.17, 15) is 4.79 Å². The predicted molar refractivity (Wildman–Crippen MR) is 88.5 cm³/mol. The average Bonchev–Trinajstić information content (AvgIpc) is 2.61. The quantitative estimate of drug-likeness (QED) is 0.834. The number of pyridine rings is 1. The number of hydrazone groups is 1. The molecule has 6 nitrogen and oxygen atoms in total. The number of para-hydroxylation sites is 1. The monoisotopic (exact) mass is 323 g/mol. The molecule has 0 saturated carbocycles. The molecule has 1 amide bonds. The van der Waals surface area contributed by atoms with Gasteiger partial charge in [0.15, 0.2) is 11.3 Å². The molecule has 2 aliphatic rings. The molecule has 0 spiro atoms. The number of nitrogens with zero attached hydrogens (tertiary/aromatic N) is 4. The van der Waals surface area contributed by atoms with Crippen molar-refractivity contribution in [2.45, 2.75) is 6.17 Å². The van der Waals surface area contributed by atoms with Gasteiger partial charge in [0.2, 0.25) is 0 Å². The van der Waals surface area contributed by atoms with Gasteiger partial charge in [-0.05, 0) is 24.5 Å². The molecule has 0 saturated heterocycles. The Hall–Kier alpha value is -2.67. The Bertz CT molecular complexity index is 925. The zero-order valence-corrected chi connectivity index (χ0v) is 13.1. The summed E-state index contributed by atoms with van der Waals surface area (Å²) in [5.74, 6) is -0.173. The molecular weight excluding hydrogens is 310 g/mol. The number of amides is 1. The molecule has 1 aromatic heterocycles. The van der Waals surface area contributed by atoms with Crippen molar-refractivity contribution < 1.29 is 4.79 Å². The molecule has 2 aliphatic heterocycles. The number of hydrogen-bond acceptors (Lipinski definition) is 6. The first-order valence-corrected chi connectivity index (χ1v) is 8.31. The summed E-state index contributed by atoms with van der Waals surface area (Å²) in [7, 11) is 0. The van der Waals surface area contributed by atoms with Crippen molar-refractivity contribution in [3.63, 3.8) is 0 Å². The van der Waals surface area contributed by atoms with Gasteiger partial charge in [0, 0.05) is 11.4 Å². The average molecular weight is 323 g/mol. The lowest BCUT2D eigenvalue weighted by molar-refractivity contribution is -0.116. The molecule has 0 unspecified atom stereocenters. The fraction of sp³-hybridized carbons (Fsp3) is 0.125. The van der Waals surface area contributed by atoms with Gasteiger partial charge < -0.3 is 0 Å². The van der Waals surface area contributed by atoms with E-state index >= 15 is 0 Å². The van der Waals surface area contributed by atoms with Crippen molar-refractivity contribution in [3.8, 4) is 0 Å². The normalized spacial score (nSPS) is 19.3. The van der Waals surface area contributed by atoms with E-state index in [0.29, 0.717) is 10.9 Å². The smallest absolute Gasteiger partial charge is 0.276 e. The molecule has 2 aromatic rings. The Labute approximate surface area is 136 Å². The van der Waals surface area contributed by atoms with Crippen LogP contribution >= 0.6 is 11.8 Å². The van der Waals surface area contributed by atoms with Gasteiger partial charge in [-0.2, -0.15) is 0 Å². The van der Waals surface area contributed by atoms with Gasteiger partial charge in [0.1, 0.15) is 5.70 Å². The first-order valence-electron chi connectivity index (χ1n) is 7.09. The molecule has 1 atom stereocenters. The van der Waals surface area contributed by atoms with Crippen LogP contribution in [0.3, 0.4) is 0 Å². The zero-order chi connectivity index (χ0) is 15.8. The van der Waals surface area contributed by atoms with Crippen LogP contribution in [0, 0.1) is 0 Å².